The molecule has 0 aliphatic carbocycles. The van der Waals surface area contributed by atoms with E-state index in [0.717, 1.165) is 19.4 Å². The number of primary amides is 1. The SMILES string of the molecule is CC1CCCN(c2ccc(C(N)=O)cc2[N+](=O)[O-])C1CN. The Hall–Kier alpha value is -2.15. The summed E-state index contributed by atoms with van der Waals surface area (Å²) < 4.78 is 0. The maximum atomic E-state index is 11.3. The van der Waals surface area contributed by atoms with Gasteiger partial charge >= 0.3 is 0 Å². The van der Waals surface area contributed by atoms with Crippen LogP contribution in [0.3, 0.4) is 0 Å². The summed E-state index contributed by atoms with van der Waals surface area (Å²) in [5, 5.41) is 11.3. The molecule has 1 aromatic carbocycles. The zero-order valence-corrected chi connectivity index (χ0v) is 12.0. The first-order chi connectivity index (χ1) is 9.95. The van der Waals surface area contributed by atoms with Gasteiger partial charge < -0.3 is 16.4 Å². The third-order valence-electron chi connectivity index (χ3n) is 4.12. The smallest absolute Gasteiger partial charge is 0.293 e. The van der Waals surface area contributed by atoms with Crippen LogP contribution in [0.4, 0.5) is 11.4 Å². The summed E-state index contributed by atoms with van der Waals surface area (Å²) in [6.45, 7) is 3.27. The number of hydrogen-bond donors (Lipinski definition) is 2. The molecule has 7 heteroatoms. The molecule has 1 heterocycles. The predicted octanol–water partition coefficient (Wildman–Crippen LogP) is 1.26. The molecule has 1 fully saturated rings. The fourth-order valence-electron chi connectivity index (χ4n) is 2.97. The van der Waals surface area contributed by atoms with Crippen molar-refractivity contribution in [1.29, 1.82) is 0 Å². The van der Waals surface area contributed by atoms with Gasteiger partial charge in [0.15, 0.2) is 0 Å². The van der Waals surface area contributed by atoms with E-state index in [4.69, 9.17) is 11.5 Å². The second-order valence-corrected chi connectivity index (χ2v) is 5.44. The molecule has 0 aromatic heterocycles. The van der Waals surface area contributed by atoms with Crippen molar-refractivity contribution in [2.75, 3.05) is 18.0 Å². The van der Waals surface area contributed by atoms with E-state index < -0.39 is 10.8 Å². The van der Waals surface area contributed by atoms with Crippen molar-refractivity contribution in [3.63, 3.8) is 0 Å². The van der Waals surface area contributed by atoms with Crippen LogP contribution in [-0.2, 0) is 0 Å². The standard InChI is InChI=1S/C14H20N4O3/c1-9-3-2-6-17(13(9)8-15)11-5-4-10(14(16)19)7-12(11)18(20)21/h4-5,7,9,13H,2-3,6,8,15H2,1H3,(H2,16,19). The Morgan fingerprint density at radius 2 is 2.24 bits per heavy atom. The molecular weight excluding hydrogens is 272 g/mol. The van der Waals surface area contributed by atoms with Crippen molar-refractivity contribution < 1.29 is 9.72 Å². The van der Waals surface area contributed by atoms with Crippen molar-refractivity contribution in [1.82, 2.24) is 0 Å². The Kier molecular flexibility index (Phi) is 4.42. The number of hydrogen-bond acceptors (Lipinski definition) is 5. The molecule has 1 amide bonds. The first-order valence-electron chi connectivity index (χ1n) is 7.00. The number of nitrogens with zero attached hydrogens (tertiary/aromatic N) is 2. The van der Waals surface area contributed by atoms with Gasteiger partial charge in [0, 0.05) is 30.8 Å². The number of rotatable bonds is 4. The lowest BCUT2D eigenvalue weighted by atomic mass is 9.90. The van der Waals surface area contributed by atoms with Crippen molar-refractivity contribution >= 4 is 17.3 Å². The molecule has 0 saturated carbocycles. The Labute approximate surface area is 123 Å². The van der Waals surface area contributed by atoms with E-state index in [2.05, 4.69) is 6.92 Å². The van der Waals surface area contributed by atoms with Crippen LogP contribution in [0.5, 0.6) is 0 Å². The molecule has 7 nitrogen and oxygen atoms in total. The zero-order valence-electron chi connectivity index (χ0n) is 12.0. The van der Waals surface area contributed by atoms with Crippen LogP contribution < -0.4 is 16.4 Å². The minimum absolute atomic E-state index is 0.0666. The number of amides is 1. The van der Waals surface area contributed by atoms with Gasteiger partial charge in [-0.3, -0.25) is 14.9 Å². The van der Waals surface area contributed by atoms with E-state index in [1.54, 1.807) is 6.07 Å². The summed E-state index contributed by atoms with van der Waals surface area (Å²) in [6.07, 6.45) is 2.03. The van der Waals surface area contributed by atoms with Gasteiger partial charge in [0.25, 0.3) is 5.69 Å². The minimum atomic E-state index is -0.674. The number of anilines is 1. The van der Waals surface area contributed by atoms with Crippen LogP contribution in [0.1, 0.15) is 30.1 Å². The van der Waals surface area contributed by atoms with Crippen LogP contribution in [0, 0.1) is 16.0 Å². The molecule has 2 atom stereocenters. The summed E-state index contributed by atoms with van der Waals surface area (Å²) in [6, 6.07) is 4.43. The third kappa shape index (κ3) is 2.97. The first kappa shape index (κ1) is 15.2. The zero-order chi connectivity index (χ0) is 15.6. The Bertz CT molecular complexity index is 561. The summed E-state index contributed by atoms with van der Waals surface area (Å²) >= 11 is 0. The fourth-order valence-corrected chi connectivity index (χ4v) is 2.97. The molecular formula is C14H20N4O3. The highest BCUT2D eigenvalue weighted by Gasteiger charge is 2.31. The average molecular weight is 292 g/mol. The molecule has 1 aliphatic heterocycles. The van der Waals surface area contributed by atoms with Crippen molar-refractivity contribution in [2.24, 2.45) is 17.4 Å². The molecule has 1 saturated heterocycles. The quantitative estimate of drug-likeness (QED) is 0.640. The molecule has 21 heavy (non-hydrogen) atoms. The molecule has 2 rings (SSSR count). The number of nitro groups is 1. The lowest BCUT2D eigenvalue weighted by Crippen LogP contribution is -2.49. The third-order valence-corrected chi connectivity index (χ3v) is 4.12. The van der Waals surface area contributed by atoms with Gasteiger partial charge in [0.2, 0.25) is 5.91 Å². The number of piperidine rings is 1. The van der Waals surface area contributed by atoms with Gasteiger partial charge in [-0.1, -0.05) is 6.92 Å². The van der Waals surface area contributed by atoms with Crippen LogP contribution in [0.15, 0.2) is 18.2 Å². The molecule has 4 N–H and O–H groups in total. The number of benzene rings is 1. The largest absolute Gasteiger partial charge is 0.366 e. The normalized spacial score (nSPS) is 22.1. The highest BCUT2D eigenvalue weighted by Crippen LogP contribution is 2.35. The molecule has 0 spiro atoms. The van der Waals surface area contributed by atoms with Crippen molar-refractivity contribution in [3.05, 3.63) is 33.9 Å². The first-order valence-corrected chi connectivity index (χ1v) is 7.00. The second-order valence-electron chi connectivity index (χ2n) is 5.44. The molecule has 1 aliphatic rings. The maximum absolute atomic E-state index is 11.3. The van der Waals surface area contributed by atoms with Gasteiger partial charge in [-0.2, -0.15) is 0 Å². The number of nitro benzene ring substituents is 1. The number of carbonyl (C=O) groups excluding carboxylic acids is 1. The molecule has 114 valence electrons. The van der Waals surface area contributed by atoms with Crippen LogP contribution >= 0.6 is 0 Å². The second kappa shape index (κ2) is 6.09. The predicted molar refractivity (Wildman–Crippen MR) is 80.2 cm³/mol. The Morgan fingerprint density at radius 1 is 1.52 bits per heavy atom. The van der Waals surface area contributed by atoms with Crippen LogP contribution in [0.25, 0.3) is 0 Å². The fraction of sp³-hybridized carbons (Fsp3) is 0.500. The van der Waals surface area contributed by atoms with E-state index in [-0.39, 0.29) is 17.3 Å². The van der Waals surface area contributed by atoms with E-state index in [0.29, 0.717) is 18.2 Å². The summed E-state index contributed by atoms with van der Waals surface area (Å²) in [5.74, 6) is -0.300. The van der Waals surface area contributed by atoms with Crippen LogP contribution in [-0.4, -0.2) is 30.0 Å². The van der Waals surface area contributed by atoms with E-state index in [9.17, 15) is 14.9 Å². The Morgan fingerprint density at radius 3 is 2.81 bits per heavy atom. The Balaban J connectivity index is 2.46. The van der Waals surface area contributed by atoms with Gasteiger partial charge in [-0.15, -0.1) is 0 Å². The van der Waals surface area contributed by atoms with E-state index in [1.165, 1.54) is 12.1 Å². The molecule has 0 radical (unpaired) electrons. The number of carbonyl (C=O) groups is 1. The monoisotopic (exact) mass is 292 g/mol. The van der Waals surface area contributed by atoms with E-state index >= 15 is 0 Å². The van der Waals surface area contributed by atoms with Crippen molar-refractivity contribution in [3.8, 4) is 0 Å². The highest BCUT2D eigenvalue weighted by molar-refractivity contribution is 5.94. The van der Waals surface area contributed by atoms with Gasteiger partial charge in [-0.05, 0) is 30.9 Å². The summed E-state index contributed by atoms with van der Waals surface area (Å²) in [4.78, 5) is 24.0. The molecule has 1 aromatic rings. The van der Waals surface area contributed by atoms with Crippen molar-refractivity contribution in [2.45, 2.75) is 25.8 Å². The topological polar surface area (TPSA) is 115 Å². The lowest BCUT2D eigenvalue weighted by molar-refractivity contribution is -0.384. The maximum Gasteiger partial charge on any atom is 0.293 e. The minimum Gasteiger partial charge on any atom is -0.366 e. The van der Waals surface area contributed by atoms with Gasteiger partial charge in [-0.25, -0.2) is 0 Å². The summed E-state index contributed by atoms with van der Waals surface area (Å²) in [5.41, 5.74) is 11.6. The summed E-state index contributed by atoms with van der Waals surface area (Å²) in [7, 11) is 0. The molecule has 2 unspecified atom stereocenters. The highest BCUT2D eigenvalue weighted by atomic mass is 16.6. The van der Waals surface area contributed by atoms with Gasteiger partial charge in [0.1, 0.15) is 5.69 Å². The molecule has 0 bridgehead atoms. The lowest BCUT2D eigenvalue weighted by Gasteiger charge is -2.40. The van der Waals surface area contributed by atoms with Gasteiger partial charge in [0.05, 0.1) is 4.92 Å². The number of nitrogens with two attached hydrogens (primary N) is 2. The van der Waals surface area contributed by atoms with Crippen LogP contribution in [0.2, 0.25) is 0 Å². The van der Waals surface area contributed by atoms with E-state index in [1.807, 2.05) is 4.90 Å². The average Bonchev–Trinajstić information content (AvgIpc) is 2.46.